The summed E-state index contributed by atoms with van der Waals surface area (Å²) >= 11 is 1.63. The van der Waals surface area contributed by atoms with Gasteiger partial charge in [-0.3, -0.25) is 4.79 Å². The van der Waals surface area contributed by atoms with Crippen molar-refractivity contribution < 1.29 is 9.18 Å². The van der Waals surface area contributed by atoms with Gasteiger partial charge in [0.2, 0.25) is 0 Å². The van der Waals surface area contributed by atoms with Gasteiger partial charge in [0.25, 0.3) is 0 Å². The van der Waals surface area contributed by atoms with Crippen molar-refractivity contribution in [1.29, 1.82) is 0 Å². The second-order valence-corrected chi connectivity index (χ2v) is 5.08. The number of benzene rings is 1. The quantitative estimate of drug-likeness (QED) is 0.567. The Morgan fingerprint density at radius 1 is 1.50 bits per heavy atom. The molecule has 0 aliphatic heterocycles. The monoisotopic (exact) mass is 240 g/mol. The van der Waals surface area contributed by atoms with Gasteiger partial charge in [-0.05, 0) is 31.0 Å². The van der Waals surface area contributed by atoms with E-state index in [1.165, 1.54) is 19.1 Å². The lowest BCUT2D eigenvalue weighted by Crippen LogP contribution is -2.00. The normalized spacial score (nSPS) is 12.5. The maximum absolute atomic E-state index is 13.0. The number of rotatable bonds is 5. The van der Waals surface area contributed by atoms with Gasteiger partial charge in [0.15, 0.2) is 5.78 Å². The Hall–Kier alpha value is -0.830. The number of thioether (sulfide) groups is 1. The molecule has 0 N–H and O–H groups in total. The molecule has 0 amide bonds. The zero-order valence-corrected chi connectivity index (χ0v) is 10.7. The molecule has 0 radical (unpaired) electrons. The third-order valence-corrected chi connectivity index (χ3v) is 3.94. The van der Waals surface area contributed by atoms with Gasteiger partial charge < -0.3 is 0 Å². The number of carbonyl (C=O) groups is 1. The Balaban J connectivity index is 2.82. The molecule has 88 valence electrons. The van der Waals surface area contributed by atoms with Gasteiger partial charge in [-0.2, -0.15) is 0 Å². The number of hydrogen-bond acceptors (Lipinski definition) is 2. The van der Waals surface area contributed by atoms with E-state index >= 15 is 0 Å². The van der Waals surface area contributed by atoms with Crippen LogP contribution < -0.4 is 0 Å². The van der Waals surface area contributed by atoms with Gasteiger partial charge in [-0.25, -0.2) is 4.39 Å². The molecule has 1 unspecified atom stereocenters. The van der Waals surface area contributed by atoms with E-state index in [0.29, 0.717) is 11.5 Å². The molecule has 0 saturated heterocycles. The highest BCUT2D eigenvalue weighted by Crippen LogP contribution is 2.26. The predicted molar refractivity (Wildman–Crippen MR) is 66.6 cm³/mol. The van der Waals surface area contributed by atoms with Crippen LogP contribution in [0.5, 0.6) is 0 Å². The van der Waals surface area contributed by atoms with Gasteiger partial charge in [0.05, 0.1) is 0 Å². The first-order valence-electron chi connectivity index (χ1n) is 5.47. The Morgan fingerprint density at radius 3 is 2.75 bits per heavy atom. The molecule has 0 aliphatic rings. The molecule has 16 heavy (non-hydrogen) atoms. The van der Waals surface area contributed by atoms with E-state index in [1.54, 1.807) is 17.8 Å². The minimum absolute atomic E-state index is 0.0776. The lowest BCUT2D eigenvalue weighted by atomic mass is 10.1. The first-order chi connectivity index (χ1) is 7.54. The molecule has 0 bridgehead atoms. The average Bonchev–Trinajstić information content (AvgIpc) is 2.26. The van der Waals surface area contributed by atoms with Crippen molar-refractivity contribution in [2.75, 3.05) is 5.75 Å². The van der Waals surface area contributed by atoms with E-state index in [2.05, 4.69) is 13.8 Å². The highest BCUT2D eigenvalue weighted by molar-refractivity contribution is 7.99. The molecule has 3 heteroatoms. The van der Waals surface area contributed by atoms with Gasteiger partial charge in [-0.1, -0.05) is 20.3 Å². The lowest BCUT2D eigenvalue weighted by molar-refractivity contribution is 0.101. The van der Waals surface area contributed by atoms with Crippen LogP contribution in [0.3, 0.4) is 0 Å². The maximum atomic E-state index is 13.0. The van der Waals surface area contributed by atoms with Crippen molar-refractivity contribution in [3.8, 4) is 0 Å². The largest absolute Gasteiger partial charge is 0.294 e. The van der Waals surface area contributed by atoms with Crippen LogP contribution in [0.1, 0.15) is 37.6 Å². The number of ketones is 1. The second-order valence-electron chi connectivity index (χ2n) is 4.02. The van der Waals surface area contributed by atoms with Gasteiger partial charge in [-0.15, -0.1) is 11.8 Å². The summed E-state index contributed by atoms with van der Waals surface area (Å²) in [5, 5.41) is 0. The third kappa shape index (κ3) is 3.63. The van der Waals surface area contributed by atoms with Crippen molar-refractivity contribution in [2.45, 2.75) is 32.1 Å². The fraction of sp³-hybridized carbons (Fsp3) is 0.462. The van der Waals surface area contributed by atoms with Crippen LogP contribution in [-0.2, 0) is 0 Å². The third-order valence-electron chi connectivity index (χ3n) is 2.54. The number of Topliss-reactive ketones (excluding diaryl/α,β-unsaturated/α-hetero) is 1. The average molecular weight is 240 g/mol. The molecule has 1 nitrogen and oxygen atoms in total. The minimum atomic E-state index is -0.349. The molecule has 1 rings (SSSR count). The van der Waals surface area contributed by atoms with E-state index in [1.807, 2.05) is 0 Å². The molecule has 1 aromatic carbocycles. The fourth-order valence-electron chi connectivity index (χ4n) is 1.25. The van der Waals surface area contributed by atoms with Crippen molar-refractivity contribution in [1.82, 2.24) is 0 Å². The summed E-state index contributed by atoms with van der Waals surface area (Å²) in [5.74, 6) is 1.14. The summed E-state index contributed by atoms with van der Waals surface area (Å²) in [6.07, 6.45) is 1.11. The van der Waals surface area contributed by atoms with Crippen molar-refractivity contribution in [3.05, 3.63) is 29.6 Å². The van der Waals surface area contributed by atoms with Crippen LogP contribution in [0.2, 0.25) is 0 Å². The Kier molecular flexibility index (Phi) is 5.00. The summed E-state index contributed by atoms with van der Waals surface area (Å²) in [7, 11) is 0. The van der Waals surface area contributed by atoms with Crippen molar-refractivity contribution in [3.63, 3.8) is 0 Å². The van der Waals surface area contributed by atoms with Crippen LogP contribution in [0.4, 0.5) is 4.39 Å². The lowest BCUT2D eigenvalue weighted by Gasteiger charge is -2.10. The zero-order chi connectivity index (χ0) is 12.1. The maximum Gasteiger partial charge on any atom is 0.161 e. The number of carbonyl (C=O) groups excluding carboxylic acids is 1. The van der Waals surface area contributed by atoms with Crippen LogP contribution in [0.25, 0.3) is 0 Å². The molecular formula is C13H17FOS. The van der Waals surface area contributed by atoms with E-state index in [4.69, 9.17) is 0 Å². The van der Waals surface area contributed by atoms with Crippen LogP contribution in [0.15, 0.2) is 23.1 Å². The summed E-state index contributed by atoms with van der Waals surface area (Å²) in [4.78, 5) is 12.2. The minimum Gasteiger partial charge on any atom is -0.294 e. The molecule has 0 saturated carbocycles. The Bertz CT molecular complexity index is 376. The molecule has 0 spiro atoms. The summed E-state index contributed by atoms with van der Waals surface area (Å²) in [6, 6.07) is 4.42. The van der Waals surface area contributed by atoms with E-state index in [9.17, 15) is 9.18 Å². The van der Waals surface area contributed by atoms with Gasteiger partial charge in [0, 0.05) is 16.2 Å². The highest BCUT2D eigenvalue weighted by Gasteiger charge is 2.10. The molecule has 1 aromatic rings. The molecule has 0 aromatic heterocycles. The number of halogens is 1. The summed E-state index contributed by atoms with van der Waals surface area (Å²) in [6.45, 7) is 5.79. The smallest absolute Gasteiger partial charge is 0.161 e. The molecule has 0 fully saturated rings. The van der Waals surface area contributed by atoms with Crippen LogP contribution >= 0.6 is 11.8 Å². The molecule has 0 aliphatic carbocycles. The van der Waals surface area contributed by atoms with Crippen LogP contribution in [-0.4, -0.2) is 11.5 Å². The number of hydrogen-bond donors (Lipinski definition) is 0. The summed E-state index contributed by atoms with van der Waals surface area (Å²) < 4.78 is 13.0. The molecule has 0 heterocycles. The summed E-state index contributed by atoms with van der Waals surface area (Å²) in [5.41, 5.74) is 0.494. The standard InChI is InChI=1S/C13H17FOS/c1-4-9(2)8-16-13-6-5-11(14)7-12(13)10(3)15/h5-7,9H,4,8H2,1-3H3. The first-order valence-corrected chi connectivity index (χ1v) is 6.46. The fourth-order valence-corrected chi connectivity index (χ4v) is 2.48. The van der Waals surface area contributed by atoms with Crippen molar-refractivity contribution >= 4 is 17.5 Å². The Labute approximate surface area is 100 Å². The van der Waals surface area contributed by atoms with E-state index < -0.39 is 0 Å². The van der Waals surface area contributed by atoms with Gasteiger partial charge >= 0.3 is 0 Å². The first kappa shape index (κ1) is 13.2. The predicted octanol–water partition coefficient (Wildman–Crippen LogP) is 4.17. The van der Waals surface area contributed by atoms with Crippen molar-refractivity contribution in [2.24, 2.45) is 5.92 Å². The van der Waals surface area contributed by atoms with E-state index in [-0.39, 0.29) is 11.6 Å². The van der Waals surface area contributed by atoms with Gasteiger partial charge in [0.1, 0.15) is 5.82 Å². The highest BCUT2D eigenvalue weighted by atomic mass is 32.2. The van der Waals surface area contributed by atoms with E-state index in [0.717, 1.165) is 17.1 Å². The Morgan fingerprint density at radius 2 is 2.19 bits per heavy atom. The molecular weight excluding hydrogens is 223 g/mol. The zero-order valence-electron chi connectivity index (χ0n) is 9.92. The molecule has 1 atom stereocenters. The topological polar surface area (TPSA) is 17.1 Å². The van der Waals surface area contributed by atoms with Crippen LogP contribution in [0, 0.1) is 11.7 Å². The SMILES string of the molecule is CCC(C)CSc1ccc(F)cc1C(C)=O. The second kappa shape index (κ2) is 6.04.